The zero-order valence-electron chi connectivity index (χ0n) is 17.4. The van der Waals surface area contributed by atoms with Crippen LogP contribution in [-0.2, 0) is 20.8 Å². The molecule has 2 heterocycles. The largest absolute Gasteiger partial charge is 0.479 e. The van der Waals surface area contributed by atoms with Gasteiger partial charge in [-0.15, -0.1) is 0 Å². The highest BCUT2D eigenvalue weighted by Crippen LogP contribution is 2.41. The second-order valence-corrected chi connectivity index (χ2v) is 7.79. The number of likely N-dealkylation sites (tertiary alicyclic amines) is 1. The Labute approximate surface area is 171 Å². The van der Waals surface area contributed by atoms with E-state index in [-0.39, 0.29) is 5.97 Å². The van der Waals surface area contributed by atoms with E-state index in [2.05, 4.69) is 10.5 Å². The molecule has 29 heavy (non-hydrogen) atoms. The van der Waals surface area contributed by atoms with Crippen molar-refractivity contribution in [2.45, 2.75) is 45.2 Å². The van der Waals surface area contributed by atoms with E-state index < -0.39 is 12.1 Å². The molecule has 4 atom stereocenters. The van der Waals surface area contributed by atoms with E-state index in [0.29, 0.717) is 49.8 Å². The molecule has 0 radical (unpaired) electrons. The number of aromatic nitrogens is 1. The highest BCUT2D eigenvalue weighted by Gasteiger charge is 2.44. The van der Waals surface area contributed by atoms with E-state index in [4.69, 9.17) is 18.7 Å². The van der Waals surface area contributed by atoms with Gasteiger partial charge in [-0.05, 0) is 62.1 Å². The Hall–Kier alpha value is -2.29. The van der Waals surface area contributed by atoms with Crippen molar-refractivity contribution in [3.8, 4) is 5.88 Å². The number of amides is 1. The number of carbonyl (C=O) groups excluding carboxylic acids is 2. The summed E-state index contributed by atoms with van der Waals surface area (Å²) in [6, 6.07) is 1.22. The average Bonchev–Trinajstić information content (AvgIpc) is 3.20. The number of fused-ring (bicyclic) bond motifs is 1. The smallest absolute Gasteiger partial charge is 0.410 e. The number of piperidine rings is 1. The van der Waals surface area contributed by atoms with Crippen LogP contribution in [-0.4, -0.2) is 62.1 Å². The summed E-state index contributed by atoms with van der Waals surface area (Å²) in [5, 5.41) is 7.23. The van der Waals surface area contributed by atoms with Gasteiger partial charge >= 0.3 is 12.1 Å². The number of rotatable bonds is 7. The summed E-state index contributed by atoms with van der Waals surface area (Å²) in [5.74, 6) is 2.20. The second-order valence-electron chi connectivity index (χ2n) is 7.79. The van der Waals surface area contributed by atoms with E-state index in [1.54, 1.807) is 25.0 Å². The first-order valence-corrected chi connectivity index (χ1v) is 10.3. The topological polar surface area (TPSA) is 103 Å². The molecule has 0 spiro atoms. The molecule has 1 aromatic rings. The first-order chi connectivity index (χ1) is 14.0. The Kier molecular flexibility index (Phi) is 7.35. The summed E-state index contributed by atoms with van der Waals surface area (Å²) in [7, 11) is 2.91. The van der Waals surface area contributed by atoms with Gasteiger partial charge in [0.15, 0.2) is 5.76 Å². The second kappa shape index (κ2) is 9.96. The molecule has 4 unspecified atom stereocenters. The molecule has 9 nitrogen and oxygen atoms in total. The van der Waals surface area contributed by atoms with Crippen LogP contribution in [0, 0.1) is 17.8 Å². The molecule has 3 rings (SSSR count). The fourth-order valence-corrected chi connectivity index (χ4v) is 4.59. The van der Waals surface area contributed by atoms with E-state index in [0.717, 1.165) is 31.6 Å². The van der Waals surface area contributed by atoms with Gasteiger partial charge in [0, 0.05) is 12.6 Å². The molecule has 2 fully saturated rings. The molecule has 1 aromatic heterocycles. The third-order valence-corrected chi connectivity index (χ3v) is 6.03. The van der Waals surface area contributed by atoms with Crippen molar-refractivity contribution in [1.82, 2.24) is 15.4 Å². The molecule has 1 saturated heterocycles. The molecule has 2 aliphatic rings. The third kappa shape index (κ3) is 5.20. The fraction of sp³-hybridized carbons (Fsp3) is 0.750. The number of methoxy groups -OCH3 is 2. The number of hydrogen-bond acceptors (Lipinski definition) is 8. The van der Waals surface area contributed by atoms with Crippen molar-refractivity contribution in [2.24, 2.45) is 17.8 Å². The minimum Gasteiger partial charge on any atom is -0.479 e. The minimum absolute atomic E-state index is 0.303. The third-order valence-electron chi connectivity index (χ3n) is 6.03. The minimum atomic E-state index is -0.558. The molecule has 1 amide bonds. The summed E-state index contributed by atoms with van der Waals surface area (Å²) in [5.41, 5.74) is 0. The zero-order valence-corrected chi connectivity index (χ0v) is 17.4. The van der Waals surface area contributed by atoms with Crippen LogP contribution in [0.15, 0.2) is 10.6 Å². The maximum atomic E-state index is 12.4. The first-order valence-electron chi connectivity index (χ1n) is 10.3. The number of hydrogen-bond donors (Lipinski definition) is 1. The molecule has 1 aliphatic carbocycles. The predicted octanol–water partition coefficient (Wildman–Crippen LogP) is 2.21. The van der Waals surface area contributed by atoms with Crippen LogP contribution in [0.5, 0.6) is 5.88 Å². The predicted molar refractivity (Wildman–Crippen MR) is 103 cm³/mol. The number of nitrogens with one attached hydrogen (secondary N) is 1. The summed E-state index contributed by atoms with van der Waals surface area (Å²) < 4.78 is 20.3. The van der Waals surface area contributed by atoms with E-state index in [1.807, 2.05) is 0 Å². The Morgan fingerprint density at radius 1 is 1.28 bits per heavy atom. The van der Waals surface area contributed by atoms with Gasteiger partial charge in [0.25, 0.3) is 5.88 Å². The van der Waals surface area contributed by atoms with Crippen LogP contribution in [0.25, 0.3) is 0 Å². The van der Waals surface area contributed by atoms with Crippen LogP contribution in [0.4, 0.5) is 4.79 Å². The average molecular weight is 409 g/mol. The molecular weight excluding hydrogens is 378 g/mol. The normalized spacial score (nSPS) is 26.5. The van der Waals surface area contributed by atoms with Gasteiger partial charge in [0.1, 0.15) is 6.04 Å². The van der Waals surface area contributed by atoms with Crippen molar-refractivity contribution in [3.63, 3.8) is 0 Å². The van der Waals surface area contributed by atoms with Crippen molar-refractivity contribution in [2.75, 3.05) is 33.9 Å². The van der Waals surface area contributed by atoms with Crippen molar-refractivity contribution in [1.29, 1.82) is 0 Å². The van der Waals surface area contributed by atoms with Gasteiger partial charge in [-0.3, -0.25) is 4.90 Å². The quantitative estimate of drug-likeness (QED) is 0.684. The molecule has 162 valence electrons. The Morgan fingerprint density at radius 2 is 2.10 bits per heavy atom. The van der Waals surface area contributed by atoms with Gasteiger partial charge in [-0.25, -0.2) is 9.59 Å². The molecular formula is C20H31N3O6. The summed E-state index contributed by atoms with van der Waals surface area (Å²) in [6.07, 6.45) is 3.34. The lowest BCUT2D eigenvalue weighted by Gasteiger charge is -2.46. The standard InChI is InChI=1S/C20H31N3O6/c1-4-28-19(24)17-8-15-7-13(5-6-14(15)12-23(17)20(25)27-3)10-21-11-16-9-18(26-2)22-29-16/h9,13-15,17,21H,4-8,10-12H2,1-3H3. The van der Waals surface area contributed by atoms with Crippen LogP contribution >= 0.6 is 0 Å². The molecule has 9 heteroatoms. The lowest BCUT2D eigenvalue weighted by atomic mass is 9.69. The van der Waals surface area contributed by atoms with E-state index >= 15 is 0 Å². The highest BCUT2D eigenvalue weighted by molar-refractivity contribution is 5.81. The number of nitrogens with zero attached hydrogens (tertiary/aromatic N) is 2. The summed E-state index contributed by atoms with van der Waals surface area (Å²) in [6.45, 7) is 4.11. The van der Waals surface area contributed by atoms with Crippen molar-refractivity contribution in [3.05, 3.63) is 11.8 Å². The zero-order chi connectivity index (χ0) is 20.8. The molecule has 0 bridgehead atoms. The maximum absolute atomic E-state index is 12.4. The van der Waals surface area contributed by atoms with Gasteiger partial charge in [0.05, 0.1) is 27.4 Å². The van der Waals surface area contributed by atoms with Gasteiger partial charge in [-0.2, -0.15) is 0 Å². The van der Waals surface area contributed by atoms with Crippen LogP contribution in [0.3, 0.4) is 0 Å². The van der Waals surface area contributed by atoms with Crippen LogP contribution in [0.1, 0.15) is 38.4 Å². The molecule has 1 N–H and O–H groups in total. The Bertz CT molecular complexity index is 694. The lowest BCUT2D eigenvalue weighted by Crippen LogP contribution is -2.55. The van der Waals surface area contributed by atoms with E-state index in [9.17, 15) is 9.59 Å². The summed E-state index contributed by atoms with van der Waals surface area (Å²) >= 11 is 0. The number of ether oxygens (including phenoxy) is 3. The Balaban J connectivity index is 1.54. The monoisotopic (exact) mass is 409 g/mol. The van der Waals surface area contributed by atoms with E-state index in [1.165, 1.54) is 7.11 Å². The van der Waals surface area contributed by atoms with Crippen molar-refractivity contribution >= 4 is 12.1 Å². The van der Waals surface area contributed by atoms with Gasteiger partial charge in [-0.1, -0.05) is 0 Å². The first kappa shape index (κ1) is 21.4. The molecule has 1 saturated carbocycles. The molecule has 0 aromatic carbocycles. The SMILES string of the molecule is CCOC(=O)C1CC2CC(CNCc3cc(OC)no3)CCC2CN1C(=O)OC. The fourth-order valence-electron chi connectivity index (χ4n) is 4.59. The Morgan fingerprint density at radius 3 is 2.79 bits per heavy atom. The van der Waals surface area contributed by atoms with Crippen LogP contribution in [0.2, 0.25) is 0 Å². The highest BCUT2D eigenvalue weighted by atomic mass is 16.6. The summed E-state index contributed by atoms with van der Waals surface area (Å²) in [4.78, 5) is 26.2. The maximum Gasteiger partial charge on any atom is 0.410 e. The molecule has 1 aliphatic heterocycles. The van der Waals surface area contributed by atoms with Gasteiger partial charge < -0.3 is 24.1 Å². The number of carbonyl (C=O) groups is 2. The van der Waals surface area contributed by atoms with Crippen molar-refractivity contribution < 1.29 is 28.3 Å². The van der Waals surface area contributed by atoms with Gasteiger partial charge in [0.2, 0.25) is 0 Å². The lowest BCUT2D eigenvalue weighted by molar-refractivity contribution is -0.152. The number of esters is 1. The van der Waals surface area contributed by atoms with Crippen LogP contribution < -0.4 is 10.1 Å².